The Hall–Kier alpha value is -3.26. The van der Waals surface area contributed by atoms with Crippen molar-refractivity contribution in [1.29, 1.82) is 0 Å². The molecule has 0 saturated heterocycles. The molecule has 3 aromatic rings. The molecule has 25 heavy (non-hydrogen) atoms. The Bertz CT molecular complexity index is 1040. The number of nitro benzene ring substituents is 1. The number of aromatic nitrogens is 2. The number of hydrogen-bond acceptors (Lipinski definition) is 5. The Kier molecular flexibility index (Phi) is 4.44. The zero-order valence-corrected chi connectivity index (χ0v) is 13.5. The smallest absolute Gasteiger partial charge is 0.314 e. The lowest BCUT2D eigenvalue weighted by Crippen LogP contribution is -2.29. The van der Waals surface area contributed by atoms with Crippen molar-refractivity contribution in [3.63, 3.8) is 0 Å². The van der Waals surface area contributed by atoms with Gasteiger partial charge in [0.2, 0.25) is 0 Å². The summed E-state index contributed by atoms with van der Waals surface area (Å²) in [6, 6.07) is 12.4. The Morgan fingerprint density at radius 3 is 2.40 bits per heavy atom. The molecular weight excluding hydrogens is 324 g/mol. The fourth-order valence-electron chi connectivity index (χ4n) is 2.75. The highest BCUT2D eigenvalue weighted by atomic mass is 16.6. The Labute approximate surface area is 141 Å². The SMILES string of the molecule is CN(Cc1ccccc1)Cc1cc([N+](=O)[O-])cc2[nH]c(=O)c(=O)[nH]c12. The molecule has 8 heteroatoms. The zero-order chi connectivity index (χ0) is 18.0. The van der Waals surface area contributed by atoms with E-state index in [9.17, 15) is 19.7 Å². The van der Waals surface area contributed by atoms with Crippen molar-refractivity contribution in [3.05, 3.63) is 84.4 Å². The van der Waals surface area contributed by atoms with Gasteiger partial charge < -0.3 is 9.97 Å². The summed E-state index contributed by atoms with van der Waals surface area (Å²) in [5, 5.41) is 11.2. The number of hydrogen-bond donors (Lipinski definition) is 2. The summed E-state index contributed by atoms with van der Waals surface area (Å²) in [6.45, 7) is 1.01. The Balaban J connectivity index is 2.01. The Morgan fingerprint density at radius 1 is 1.04 bits per heavy atom. The van der Waals surface area contributed by atoms with Crippen LogP contribution in [0.3, 0.4) is 0 Å². The van der Waals surface area contributed by atoms with Crippen molar-refractivity contribution in [2.45, 2.75) is 13.1 Å². The van der Waals surface area contributed by atoms with Crippen LogP contribution in [0.2, 0.25) is 0 Å². The quantitative estimate of drug-likeness (QED) is 0.417. The predicted octanol–water partition coefficient (Wildman–Crippen LogP) is 1.76. The first-order chi connectivity index (χ1) is 11.9. The lowest BCUT2D eigenvalue weighted by atomic mass is 10.1. The molecule has 2 N–H and O–H groups in total. The normalized spacial score (nSPS) is 11.1. The fourth-order valence-corrected chi connectivity index (χ4v) is 2.75. The van der Waals surface area contributed by atoms with E-state index in [4.69, 9.17) is 0 Å². The number of rotatable bonds is 5. The largest absolute Gasteiger partial charge is 0.316 e. The molecule has 0 spiro atoms. The molecule has 2 aromatic carbocycles. The maximum Gasteiger partial charge on any atom is 0.314 e. The van der Waals surface area contributed by atoms with E-state index in [1.807, 2.05) is 42.3 Å². The minimum atomic E-state index is -0.836. The first-order valence-electron chi connectivity index (χ1n) is 7.60. The van der Waals surface area contributed by atoms with Crippen molar-refractivity contribution < 1.29 is 4.92 Å². The molecular formula is C17H16N4O4. The fraction of sp³-hybridized carbons (Fsp3) is 0.176. The van der Waals surface area contributed by atoms with E-state index in [0.29, 0.717) is 24.2 Å². The highest BCUT2D eigenvalue weighted by Gasteiger charge is 2.15. The average molecular weight is 340 g/mol. The van der Waals surface area contributed by atoms with Crippen molar-refractivity contribution in [1.82, 2.24) is 14.9 Å². The molecule has 0 atom stereocenters. The van der Waals surface area contributed by atoms with E-state index in [-0.39, 0.29) is 11.2 Å². The second-order valence-electron chi connectivity index (χ2n) is 5.85. The van der Waals surface area contributed by atoms with Crippen LogP contribution in [0.5, 0.6) is 0 Å². The summed E-state index contributed by atoms with van der Waals surface area (Å²) in [4.78, 5) is 40.6. The molecule has 0 aliphatic carbocycles. The predicted molar refractivity (Wildman–Crippen MR) is 93.5 cm³/mol. The summed E-state index contributed by atoms with van der Waals surface area (Å²) in [5.41, 5.74) is 0.540. The number of non-ortho nitro benzene ring substituents is 1. The molecule has 0 fully saturated rings. The molecule has 0 radical (unpaired) electrons. The van der Waals surface area contributed by atoms with Crippen LogP contribution in [0.1, 0.15) is 11.1 Å². The first-order valence-corrected chi connectivity index (χ1v) is 7.60. The number of H-pyrrole nitrogens is 2. The third kappa shape index (κ3) is 3.64. The van der Waals surface area contributed by atoms with Crippen LogP contribution >= 0.6 is 0 Å². The number of fused-ring (bicyclic) bond motifs is 1. The van der Waals surface area contributed by atoms with Crippen LogP contribution in [0.4, 0.5) is 5.69 Å². The van der Waals surface area contributed by atoms with Crippen LogP contribution in [0.15, 0.2) is 52.1 Å². The van der Waals surface area contributed by atoms with Gasteiger partial charge in [-0.1, -0.05) is 30.3 Å². The van der Waals surface area contributed by atoms with E-state index in [1.165, 1.54) is 12.1 Å². The molecule has 0 saturated carbocycles. The zero-order valence-electron chi connectivity index (χ0n) is 13.5. The number of benzene rings is 2. The molecule has 0 aliphatic heterocycles. The summed E-state index contributed by atoms with van der Waals surface area (Å²) in [5.74, 6) is 0. The number of nitrogens with one attached hydrogen (secondary N) is 2. The average Bonchev–Trinajstić information content (AvgIpc) is 2.57. The van der Waals surface area contributed by atoms with Crippen LogP contribution in [0.25, 0.3) is 11.0 Å². The monoisotopic (exact) mass is 340 g/mol. The highest BCUT2D eigenvalue weighted by Crippen LogP contribution is 2.23. The van der Waals surface area contributed by atoms with E-state index in [1.54, 1.807) is 0 Å². The van der Waals surface area contributed by atoms with Crippen LogP contribution in [-0.2, 0) is 13.1 Å². The lowest BCUT2D eigenvalue weighted by Gasteiger charge is -2.17. The maximum absolute atomic E-state index is 11.6. The topological polar surface area (TPSA) is 112 Å². The second kappa shape index (κ2) is 6.70. The Morgan fingerprint density at radius 2 is 1.72 bits per heavy atom. The van der Waals surface area contributed by atoms with Gasteiger partial charge in [0.05, 0.1) is 16.0 Å². The molecule has 0 amide bonds. The molecule has 0 unspecified atom stereocenters. The summed E-state index contributed by atoms with van der Waals surface area (Å²) in [6.07, 6.45) is 0. The van der Waals surface area contributed by atoms with E-state index in [0.717, 1.165) is 5.56 Å². The van der Waals surface area contributed by atoms with Crippen molar-refractivity contribution in [2.75, 3.05) is 7.05 Å². The third-order valence-electron chi connectivity index (χ3n) is 3.84. The molecule has 1 heterocycles. The van der Waals surface area contributed by atoms with Gasteiger partial charge in [0.25, 0.3) is 5.69 Å². The van der Waals surface area contributed by atoms with Gasteiger partial charge in [-0.25, -0.2) is 0 Å². The van der Waals surface area contributed by atoms with Gasteiger partial charge in [-0.05, 0) is 18.2 Å². The molecule has 128 valence electrons. The highest BCUT2D eigenvalue weighted by molar-refractivity contribution is 5.80. The van der Waals surface area contributed by atoms with Gasteiger partial charge in [-0.3, -0.25) is 24.6 Å². The summed E-state index contributed by atoms with van der Waals surface area (Å²) >= 11 is 0. The molecule has 8 nitrogen and oxygen atoms in total. The molecule has 0 aliphatic rings. The van der Waals surface area contributed by atoms with E-state index < -0.39 is 16.0 Å². The molecule has 1 aromatic heterocycles. The van der Waals surface area contributed by atoms with Gasteiger partial charge in [0.1, 0.15) is 0 Å². The van der Waals surface area contributed by atoms with Gasteiger partial charge in [-0.2, -0.15) is 0 Å². The van der Waals surface area contributed by atoms with Crippen LogP contribution < -0.4 is 11.1 Å². The standard InChI is InChI=1S/C17H16N4O4/c1-20(9-11-5-3-2-4-6-11)10-12-7-13(21(24)25)8-14-15(12)19-17(23)16(22)18-14/h2-8H,9-10H2,1H3,(H,18,22)(H,19,23). The third-order valence-corrected chi connectivity index (χ3v) is 3.84. The number of aromatic amines is 2. The number of nitro groups is 1. The summed E-state index contributed by atoms with van der Waals surface area (Å²) < 4.78 is 0. The summed E-state index contributed by atoms with van der Waals surface area (Å²) in [7, 11) is 1.88. The van der Waals surface area contributed by atoms with E-state index >= 15 is 0 Å². The lowest BCUT2D eigenvalue weighted by molar-refractivity contribution is -0.384. The van der Waals surface area contributed by atoms with E-state index in [2.05, 4.69) is 9.97 Å². The first kappa shape index (κ1) is 16.6. The van der Waals surface area contributed by atoms with Gasteiger partial charge in [0.15, 0.2) is 0 Å². The van der Waals surface area contributed by atoms with Crippen molar-refractivity contribution >= 4 is 16.7 Å². The van der Waals surface area contributed by atoms with Crippen LogP contribution in [0, 0.1) is 10.1 Å². The number of nitrogens with zero attached hydrogens (tertiary/aromatic N) is 2. The van der Waals surface area contributed by atoms with Crippen molar-refractivity contribution in [3.8, 4) is 0 Å². The van der Waals surface area contributed by atoms with Crippen LogP contribution in [-0.4, -0.2) is 26.8 Å². The molecule has 3 rings (SSSR count). The van der Waals surface area contributed by atoms with Gasteiger partial charge >= 0.3 is 11.1 Å². The molecule has 0 bridgehead atoms. The maximum atomic E-state index is 11.6. The minimum Gasteiger partial charge on any atom is -0.316 e. The van der Waals surface area contributed by atoms with Gasteiger partial charge in [-0.15, -0.1) is 0 Å². The second-order valence-corrected chi connectivity index (χ2v) is 5.85. The minimum absolute atomic E-state index is 0.140. The van der Waals surface area contributed by atoms with Gasteiger partial charge in [0, 0.05) is 25.2 Å². The van der Waals surface area contributed by atoms with Crippen molar-refractivity contribution in [2.24, 2.45) is 0 Å².